The second-order valence-electron chi connectivity index (χ2n) is 8.87. The van der Waals surface area contributed by atoms with Gasteiger partial charge in [0.15, 0.2) is 17.0 Å². The van der Waals surface area contributed by atoms with Crippen LogP contribution in [0.1, 0.15) is 61.7 Å². The van der Waals surface area contributed by atoms with E-state index in [4.69, 9.17) is 14.6 Å². The van der Waals surface area contributed by atoms with E-state index < -0.39 is 0 Å². The van der Waals surface area contributed by atoms with E-state index in [9.17, 15) is 9.59 Å². The van der Waals surface area contributed by atoms with Crippen molar-refractivity contribution in [1.29, 1.82) is 0 Å². The van der Waals surface area contributed by atoms with Crippen LogP contribution < -0.4 is 21.4 Å². The lowest BCUT2D eigenvalue weighted by Crippen LogP contribution is -2.25. The largest absolute Gasteiger partial charge is 0.365 e. The molecule has 2 atom stereocenters. The summed E-state index contributed by atoms with van der Waals surface area (Å²) in [5.74, 6) is 0.934. The van der Waals surface area contributed by atoms with Crippen LogP contribution in [-0.2, 0) is 9.42 Å². The third-order valence-electron chi connectivity index (χ3n) is 6.16. The third-order valence-corrected chi connectivity index (χ3v) is 9.06. The van der Waals surface area contributed by atoms with E-state index in [1.165, 1.54) is 19.3 Å². The number of halogens is 2. The summed E-state index contributed by atoms with van der Waals surface area (Å²) in [6.45, 7) is 0.683. The molecule has 1 saturated carbocycles. The number of nitrogens with zero attached hydrogens (tertiary/aromatic N) is 4. The highest BCUT2D eigenvalue weighted by Crippen LogP contribution is 2.32. The summed E-state index contributed by atoms with van der Waals surface area (Å²) in [4.78, 5) is 38.1. The molecule has 11 nitrogen and oxygen atoms in total. The van der Waals surface area contributed by atoms with Gasteiger partial charge in [-0.1, -0.05) is 19.3 Å². The SMILES string of the molecule is O=C(CCCCNC(=O)c1ccc(Nc2nc(NC3CCCCC3)c3ncn(PI)c3n2)cc1)NOPI. The summed E-state index contributed by atoms with van der Waals surface area (Å²) in [6.07, 6.45) is 10.0. The first-order chi connectivity index (χ1) is 18.6. The Bertz CT molecular complexity index is 1230. The fourth-order valence-corrected chi connectivity index (χ4v) is 6.11. The third kappa shape index (κ3) is 8.54. The predicted octanol–water partition coefficient (Wildman–Crippen LogP) is 6.00. The Kier molecular flexibility index (Phi) is 12.0. The van der Waals surface area contributed by atoms with Gasteiger partial charge in [0.25, 0.3) is 5.91 Å². The molecule has 0 spiro atoms. The van der Waals surface area contributed by atoms with Crippen LogP contribution in [0.5, 0.6) is 0 Å². The number of nitrogens with one attached hydrogen (secondary N) is 4. The van der Waals surface area contributed by atoms with Gasteiger partial charge in [-0.3, -0.25) is 13.9 Å². The maximum atomic E-state index is 12.5. The van der Waals surface area contributed by atoms with Crippen LogP contribution in [0.25, 0.3) is 11.2 Å². The van der Waals surface area contributed by atoms with E-state index in [0.29, 0.717) is 49.7 Å². The lowest BCUT2D eigenvalue weighted by molar-refractivity contribution is -0.127. The second-order valence-corrected chi connectivity index (χ2v) is 12.6. The minimum Gasteiger partial charge on any atom is -0.365 e. The molecule has 1 aliphatic rings. The monoisotopic (exact) mass is 782 g/mol. The highest BCUT2D eigenvalue weighted by Gasteiger charge is 2.19. The number of fused-ring (bicyclic) bond motifs is 1. The number of benzene rings is 1. The topological polar surface area (TPSA) is 135 Å². The summed E-state index contributed by atoms with van der Waals surface area (Å²) >= 11 is 4.35. The highest BCUT2D eigenvalue weighted by molar-refractivity contribution is 14.2. The first-order valence-corrected chi connectivity index (χ1v) is 20.5. The number of unbranched alkanes of at least 4 members (excludes halogenated alkanes) is 1. The zero-order valence-corrected chi connectivity index (χ0v) is 26.9. The van der Waals surface area contributed by atoms with Crippen LogP contribution in [0.4, 0.5) is 17.5 Å². The van der Waals surface area contributed by atoms with Crippen molar-refractivity contribution in [2.24, 2.45) is 0 Å². The Morgan fingerprint density at radius 3 is 2.61 bits per heavy atom. The summed E-state index contributed by atoms with van der Waals surface area (Å²) in [5, 5.41) is 9.79. The summed E-state index contributed by atoms with van der Waals surface area (Å²) < 4.78 is 6.90. The fourth-order valence-electron chi connectivity index (χ4n) is 4.23. The maximum Gasteiger partial charge on any atom is 0.251 e. The van der Waals surface area contributed by atoms with Crippen molar-refractivity contribution < 1.29 is 14.2 Å². The van der Waals surface area contributed by atoms with Gasteiger partial charge in [-0.15, -0.1) is 0 Å². The molecule has 0 saturated heterocycles. The number of rotatable bonds is 13. The van der Waals surface area contributed by atoms with Crippen LogP contribution in [-0.4, -0.2) is 43.7 Å². The van der Waals surface area contributed by atoms with Gasteiger partial charge >= 0.3 is 0 Å². The van der Waals surface area contributed by atoms with E-state index >= 15 is 0 Å². The van der Waals surface area contributed by atoms with E-state index in [-0.39, 0.29) is 18.3 Å². The number of hydrogen-bond acceptors (Lipinski definition) is 8. The second kappa shape index (κ2) is 15.4. The number of hydrogen-bond donors (Lipinski definition) is 4. The molecular formula is C23H30I2N8O3P2. The number of anilines is 3. The summed E-state index contributed by atoms with van der Waals surface area (Å²) in [6, 6.07) is 7.61. The Balaban J connectivity index is 1.34. The number of hydroxylamine groups is 1. The molecule has 2 unspecified atom stereocenters. The molecule has 4 rings (SSSR count). The lowest BCUT2D eigenvalue weighted by atomic mass is 9.95. The number of amides is 2. The average Bonchev–Trinajstić information content (AvgIpc) is 3.36. The molecule has 2 amide bonds. The van der Waals surface area contributed by atoms with Crippen molar-refractivity contribution in [1.82, 2.24) is 30.1 Å². The molecule has 2 aromatic heterocycles. The lowest BCUT2D eigenvalue weighted by Gasteiger charge is -2.23. The Labute approximate surface area is 250 Å². The molecule has 1 aliphatic carbocycles. The fraction of sp³-hybridized carbons (Fsp3) is 0.435. The number of imidazole rings is 1. The summed E-state index contributed by atoms with van der Waals surface area (Å²) in [5.41, 5.74) is 5.29. The zero-order valence-electron chi connectivity index (χ0n) is 20.6. The van der Waals surface area contributed by atoms with Crippen LogP contribution in [0, 0.1) is 0 Å². The molecule has 2 heterocycles. The molecule has 0 bridgehead atoms. The van der Waals surface area contributed by atoms with E-state index in [2.05, 4.69) is 48.5 Å². The number of carbonyl (C=O) groups is 2. The normalized spacial score (nSPS) is 14.5. The quantitative estimate of drug-likeness (QED) is 0.0719. The van der Waals surface area contributed by atoms with E-state index in [1.807, 2.05) is 44.8 Å². The first kappa shape index (κ1) is 29.6. The van der Waals surface area contributed by atoms with Crippen molar-refractivity contribution in [3.05, 3.63) is 36.2 Å². The van der Waals surface area contributed by atoms with Crippen LogP contribution in [0.2, 0.25) is 0 Å². The van der Waals surface area contributed by atoms with Crippen molar-refractivity contribution in [3.63, 3.8) is 0 Å². The molecule has 1 fully saturated rings. The Morgan fingerprint density at radius 2 is 1.87 bits per heavy atom. The van der Waals surface area contributed by atoms with Crippen LogP contribution in [0.3, 0.4) is 0 Å². The van der Waals surface area contributed by atoms with Gasteiger partial charge in [0.1, 0.15) is 12.8 Å². The van der Waals surface area contributed by atoms with Gasteiger partial charge in [0.2, 0.25) is 11.9 Å². The number of carbonyl (C=O) groups excluding carboxylic acids is 2. The van der Waals surface area contributed by atoms with Crippen molar-refractivity contribution in [3.8, 4) is 0 Å². The molecular weight excluding hydrogens is 752 g/mol. The van der Waals surface area contributed by atoms with Crippen LogP contribution >= 0.6 is 56.9 Å². The number of aromatic nitrogens is 4. The average molecular weight is 782 g/mol. The molecule has 38 heavy (non-hydrogen) atoms. The predicted molar refractivity (Wildman–Crippen MR) is 171 cm³/mol. The molecule has 15 heteroatoms. The van der Waals surface area contributed by atoms with E-state index in [0.717, 1.165) is 35.5 Å². The molecule has 0 radical (unpaired) electrons. The Morgan fingerprint density at radius 1 is 1.08 bits per heavy atom. The zero-order chi connectivity index (χ0) is 26.7. The Hall–Kier alpha value is -1.41. The minimum atomic E-state index is -0.154. The smallest absolute Gasteiger partial charge is 0.251 e. The molecule has 4 N–H and O–H groups in total. The van der Waals surface area contributed by atoms with Gasteiger partial charge in [-0.25, -0.2) is 15.1 Å². The minimum absolute atomic E-state index is 0.150. The maximum absolute atomic E-state index is 12.5. The van der Waals surface area contributed by atoms with Crippen molar-refractivity contribution in [2.45, 2.75) is 57.4 Å². The van der Waals surface area contributed by atoms with Gasteiger partial charge in [-0.2, -0.15) is 9.97 Å². The van der Waals surface area contributed by atoms with Gasteiger partial charge in [-0.05, 0) is 94.0 Å². The van der Waals surface area contributed by atoms with Crippen molar-refractivity contribution in [2.75, 3.05) is 17.2 Å². The first-order valence-electron chi connectivity index (χ1n) is 12.4. The van der Waals surface area contributed by atoms with Crippen molar-refractivity contribution >= 4 is 97.3 Å². The van der Waals surface area contributed by atoms with Gasteiger partial charge < -0.3 is 16.0 Å². The molecule has 204 valence electrons. The summed E-state index contributed by atoms with van der Waals surface area (Å²) in [7, 11) is 0. The molecule has 3 aromatic rings. The standard InChI is InChI=1S/C23H30I2N8O3P2/c24-37-33-14-27-19-20(28-16-6-2-1-3-7-16)30-23(31-21(19)33)29-17-11-9-15(10-12-17)22(35)26-13-5-4-8-18(34)32-36-38-25/h9-12,14,16,37-38H,1-8,13H2,(H,26,35)(H,32,34)(H2,28,29,30,31). The highest BCUT2D eigenvalue weighted by atomic mass is 127. The molecule has 0 aliphatic heterocycles. The van der Waals surface area contributed by atoms with Gasteiger partial charge in [0, 0.05) is 30.3 Å². The molecule has 1 aromatic carbocycles. The van der Waals surface area contributed by atoms with E-state index in [1.54, 1.807) is 12.1 Å². The van der Waals surface area contributed by atoms with Gasteiger partial charge in [0.05, 0.1) is 6.37 Å². The van der Waals surface area contributed by atoms with Crippen LogP contribution in [0.15, 0.2) is 30.6 Å².